The van der Waals surface area contributed by atoms with Crippen LogP contribution in [0.15, 0.2) is 47.4 Å². The predicted molar refractivity (Wildman–Crippen MR) is 126 cm³/mol. The van der Waals surface area contributed by atoms with Gasteiger partial charge in [-0.25, -0.2) is 8.42 Å². The Bertz CT molecular complexity index is 1170. The van der Waals surface area contributed by atoms with E-state index in [1.54, 1.807) is 48.2 Å². The molecule has 0 unspecified atom stereocenters. The van der Waals surface area contributed by atoms with E-state index in [0.29, 0.717) is 21.7 Å². The first-order valence-corrected chi connectivity index (χ1v) is 12.3. The van der Waals surface area contributed by atoms with Crippen LogP contribution in [0.25, 0.3) is 0 Å². The molecule has 33 heavy (non-hydrogen) atoms. The second kappa shape index (κ2) is 10.3. The molecule has 2 amide bonds. The van der Waals surface area contributed by atoms with Crippen molar-refractivity contribution in [1.29, 1.82) is 0 Å². The van der Waals surface area contributed by atoms with Crippen molar-refractivity contribution in [3.8, 4) is 0 Å². The van der Waals surface area contributed by atoms with Gasteiger partial charge in [-0.15, -0.1) is 0 Å². The second-order valence-corrected chi connectivity index (χ2v) is 10.1. The lowest BCUT2D eigenvalue weighted by Gasteiger charge is -2.34. The van der Waals surface area contributed by atoms with Crippen LogP contribution in [0.4, 0.5) is 5.69 Å². The zero-order valence-electron chi connectivity index (χ0n) is 19.1. The molecular formula is C24H29N3O5S. The first-order chi connectivity index (χ1) is 15.6. The van der Waals surface area contributed by atoms with Crippen LogP contribution < -0.4 is 5.32 Å². The molecule has 0 aromatic heterocycles. The molecule has 0 bridgehead atoms. The summed E-state index contributed by atoms with van der Waals surface area (Å²) in [6.45, 7) is 6.07. The van der Waals surface area contributed by atoms with Crippen molar-refractivity contribution in [3.05, 3.63) is 59.2 Å². The molecule has 176 valence electrons. The number of ketones is 1. The molecule has 2 aromatic carbocycles. The molecule has 1 fully saturated rings. The third-order valence-electron chi connectivity index (χ3n) is 5.67. The van der Waals surface area contributed by atoms with Gasteiger partial charge in [-0.05, 0) is 50.1 Å². The summed E-state index contributed by atoms with van der Waals surface area (Å²) in [4.78, 5) is 38.1. The number of sulfonamides is 1. The summed E-state index contributed by atoms with van der Waals surface area (Å²) in [5, 5.41) is 2.70. The fourth-order valence-electron chi connectivity index (χ4n) is 3.72. The third kappa shape index (κ3) is 6.06. The molecule has 9 heteroatoms. The maximum absolute atomic E-state index is 13.0. The van der Waals surface area contributed by atoms with Gasteiger partial charge in [-0.2, -0.15) is 4.31 Å². The highest BCUT2D eigenvalue weighted by Crippen LogP contribution is 2.22. The third-order valence-corrected chi connectivity index (χ3v) is 7.71. The van der Waals surface area contributed by atoms with Crippen LogP contribution in [0, 0.1) is 13.8 Å². The molecule has 3 rings (SSSR count). The number of aryl methyl sites for hydroxylation is 2. The van der Waals surface area contributed by atoms with Gasteiger partial charge in [0.05, 0.1) is 4.90 Å². The number of amides is 2. The van der Waals surface area contributed by atoms with Crippen molar-refractivity contribution < 1.29 is 22.8 Å². The Kier molecular flexibility index (Phi) is 7.65. The van der Waals surface area contributed by atoms with Crippen LogP contribution in [-0.4, -0.2) is 61.4 Å². The number of carbonyl (C=O) groups excluding carboxylic acids is 3. The van der Waals surface area contributed by atoms with Crippen LogP contribution in [0.3, 0.4) is 0 Å². The predicted octanol–water partition coefficient (Wildman–Crippen LogP) is 2.76. The van der Waals surface area contributed by atoms with E-state index in [-0.39, 0.29) is 56.6 Å². The summed E-state index contributed by atoms with van der Waals surface area (Å²) in [6.07, 6.45) is 0.0338. The Morgan fingerprint density at radius 1 is 0.939 bits per heavy atom. The monoisotopic (exact) mass is 471 g/mol. The average molecular weight is 472 g/mol. The minimum atomic E-state index is -3.63. The van der Waals surface area contributed by atoms with E-state index < -0.39 is 10.0 Å². The van der Waals surface area contributed by atoms with Crippen LogP contribution >= 0.6 is 0 Å². The Balaban J connectivity index is 1.51. The largest absolute Gasteiger partial charge is 0.340 e. The summed E-state index contributed by atoms with van der Waals surface area (Å²) in [5.41, 5.74) is 2.57. The van der Waals surface area contributed by atoms with Gasteiger partial charge >= 0.3 is 0 Å². The van der Waals surface area contributed by atoms with Gasteiger partial charge in [0.1, 0.15) is 0 Å². The second-order valence-electron chi connectivity index (χ2n) is 8.24. The number of benzene rings is 2. The van der Waals surface area contributed by atoms with Crippen LogP contribution in [-0.2, 0) is 19.6 Å². The number of carbonyl (C=O) groups is 3. The van der Waals surface area contributed by atoms with E-state index in [4.69, 9.17) is 0 Å². The van der Waals surface area contributed by atoms with Crippen molar-refractivity contribution >= 4 is 33.3 Å². The number of Topliss-reactive ketones (excluding diaryl/α,β-unsaturated/α-hetero) is 1. The van der Waals surface area contributed by atoms with Crippen molar-refractivity contribution in [2.75, 3.05) is 31.5 Å². The van der Waals surface area contributed by atoms with Crippen molar-refractivity contribution in [2.45, 2.75) is 38.5 Å². The molecule has 2 aromatic rings. The summed E-state index contributed by atoms with van der Waals surface area (Å²) >= 11 is 0. The Hall–Kier alpha value is -3.04. The number of rotatable bonds is 7. The number of piperazine rings is 1. The highest BCUT2D eigenvalue weighted by Gasteiger charge is 2.31. The molecule has 0 atom stereocenters. The van der Waals surface area contributed by atoms with Crippen molar-refractivity contribution in [1.82, 2.24) is 9.21 Å². The smallest absolute Gasteiger partial charge is 0.243 e. The maximum Gasteiger partial charge on any atom is 0.243 e. The Labute approximate surface area is 194 Å². The van der Waals surface area contributed by atoms with Gasteiger partial charge < -0.3 is 10.2 Å². The average Bonchev–Trinajstić information content (AvgIpc) is 2.79. The van der Waals surface area contributed by atoms with Crippen LogP contribution in [0.1, 0.15) is 41.3 Å². The molecule has 1 aliphatic heterocycles. The maximum atomic E-state index is 13.0. The molecule has 1 heterocycles. The van der Waals surface area contributed by atoms with Crippen molar-refractivity contribution in [2.24, 2.45) is 0 Å². The van der Waals surface area contributed by atoms with Gasteiger partial charge in [-0.1, -0.05) is 24.3 Å². The summed E-state index contributed by atoms with van der Waals surface area (Å²) < 4.78 is 27.5. The normalized spacial score (nSPS) is 14.7. The highest BCUT2D eigenvalue weighted by atomic mass is 32.2. The molecule has 0 saturated carbocycles. The summed E-state index contributed by atoms with van der Waals surface area (Å²) in [5.74, 6) is -0.605. The molecule has 0 radical (unpaired) electrons. The minimum Gasteiger partial charge on any atom is -0.340 e. The molecule has 0 spiro atoms. The molecule has 1 aliphatic rings. The van der Waals surface area contributed by atoms with E-state index in [0.717, 1.165) is 5.56 Å². The number of nitrogens with one attached hydrogen (secondary N) is 1. The quantitative estimate of drug-likeness (QED) is 0.626. The first-order valence-electron chi connectivity index (χ1n) is 10.8. The van der Waals surface area contributed by atoms with Gasteiger partial charge in [0.15, 0.2) is 5.78 Å². The molecule has 1 N–H and O–H groups in total. The highest BCUT2D eigenvalue weighted by molar-refractivity contribution is 7.89. The lowest BCUT2D eigenvalue weighted by Crippen LogP contribution is -2.50. The number of nitrogens with zero attached hydrogens (tertiary/aromatic N) is 2. The summed E-state index contributed by atoms with van der Waals surface area (Å²) in [6, 6.07) is 12.0. The van der Waals surface area contributed by atoms with Gasteiger partial charge in [0.2, 0.25) is 21.8 Å². The van der Waals surface area contributed by atoms with Crippen molar-refractivity contribution in [3.63, 3.8) is 0 Å². The van der Waals surface area contributed by atoms with E-state index >= 15 is 0 Å². The fourth-order valence-corrected chi connectivity index (χ4v) is 5.45. The van der Waals surface area contributed by atoms with E-state index in [2.05, 4.69) is 5.32 Å². The SMILES string of the molecule is CC(=O)c1cccc(NC(=O)CCC(=O)N2CCN(S(=O)(=O)c3cc(C)ccc3C)CC2)c1. The number of anilines is 1. The number of hydrogen-bond donors (Lipinski definition) is 1. The zero-order valence-corrected chi connectivity index (χ0v) is 19.9. The standard InChI is InChI=1S/C24H29N3O5S/c1-17-7-8-18(2)22(15-17)33(31,32)27-13-11-26(12-14-27)24(30)10-9-23(29)25-21-6-4-5-20(16-21)19(3)28/h4-8,15-16H,9-14H2,1-3H3,(H,25,29). The lowest BCUT2D eigenvalue weighted by atomic mass is 10.1. The zero-order chi connectivity index (χ0) is 24.2. The fraction of sp³-hybridized carbons (Fsp3) is 0.375. The Morgan fingerprint density at radius 3 is 2.30 bits per heavy atom. The van der Waals surface area contributed by atoms with E-state index in [9.17, 15) is 22.8 Å². The Morgan fingerprint density at radius 2 is 1.64 bits per heavy atom. The first kappa shape index (κ1) is 24.6. The minimum absolute atomic E-state index is 0.00410. The van der Waals surface area contributed by atoms with Gasteiger partial charge in [-0.3, -0.25) is 14.4 Å². The van der Waals surface area contributed by atoms with E-state index in [1.165, 1.54) is 11.2 Å². The van der Waals surface area contributed by atoms with Crippen LogP contribution in [0.5, 0.6) is 0 Å². The van der Waals surface area contributed by atoms with Crippen LogP contribution in [0.2, 0.25) is 0 Å². The number of hydrogen-bond acceptors (Lipinski definition) is 5. The molecule has 8 nitrogen and oxygen atoms in total. The van der Waals surface area contributed by atoms with E-state index in [1.807, 2.05) is 13.0 Å². The molecule has 1 saturated heterocycles. The molecule has 0 aliphatic carbocycles. The summed E-state index contributed by atoms with van der Waals surface area (Å²) in [7, 11) is -3.63. The lowest BCUT2D eigenvalue weighted by molar-refractivity contribution is -0.133. The van der Waals surface area contributed by atoms with Gasteiger partial charge in [0, 0.05) is 50.3 Å². The topological polar surface area (TPSA) is 104 Å². The molecular weight excluding hydrogens is 442 g/mol. The van der Waals surface area contributed by atoms with Gasteiger partial charge in [0.25, 0.3) is 0 Å².